The molecule has 1 saturated heterocycles. The van der Waals surface area contributed by atoms with Crippen LogP contribution in [-0.2, 0) is 0 Å². The Morgan fingerprint density at radius 3 is 2.52 bits per heavy atom. The van der Waals surface area contributed by atoms with E-state index in [-0.39, 0.29) is 11.9 Å². The molecule has 0 N–H and O–H groups in total. The van der Waals surface area contributed by atoms with Gasteiger partial charge in [0, 0.05) is 42.4 Å². The van der Waals surface area contributed by atoms with Gasteiger partial charge in [0.1, 0.15) is 5.82 Å². The summed E-state index contributed by atoms with van der Waals surface area (Å²) in [6, 6.07) is 14.1. The van der Waals surface area contributed by atoms with E-state index in [1.165, 1.54) is 0 Å². The molecule has 1 amide bonds. The van der Waals surface area contributed by atoms with Crippen LogP contribution < -0.4 is 0 Å². The Morgan fingerprint density at radius 2 is 1.80 bits per heavy atom. The number of imidazole rings is 1. The van der Waals surface area contributed by atoms with E-state index >= 15 is 0 Å². The summed E-state index contributed by atoms with van der Waals surface area (Å²) in [4.78, 5) is 23.3. The highest BCUT2D eigenvalue weighted by molar-refractivity contribution is 5.95. The molecule has 0 bridgehead atoms. The fraction of sp³-hybridized carbons (Fsp3) is 0.250. The first-order valence-electron chi connectivity index (χ1n) is 8.45. The lowest BCUT2D eigenvalue weighted by atomic mass is 10.0. The fourth-order valence-electron chi connectivity index (χ4n) is 3.37. The van der Waals surface area contributed by atoms with Gasteiger partial charge in [-0.1, -0.05) is 30.3 Å². The van der Waals surface area contributed by atoms with Crippen molar-refractivity contribution in [3.05, 3.63) is 71.8 Å². The Hall–Kier alpha value is -2.95. The largest absolute Gasteiger partial charge is 0.334 e. The highest BCUT2D eigenvalue weighted by atomic mass is 16.2. The van der Waals surface area contributed by atoms with Crippen LogP contribution in [0.25, 0.3) is 11.4 Å². The maximum Gasteiger partial charge on any atom is 0.255 e. The second-order valence-corrected chi connectivity index (χ2v) is 6.46. The van der Waals surface area contributed by atoms with Crippen LogP contribution in [0.5, 0.6) is 0 Å². The smallest absolute Gasteiger partial charge is 0.255 e. The van der Waals surface area contributed by atoms with Crippen molar-refractivity contribution >= 4 is 5.91 Å². The van der Waals surface area contributed by atoms with Crippen LogP contribution in [0.15, 0.2) is 54.9 Å². The molecule has 0 unspecified atom stereocenters. The third kappa shape index (κ3) is 2.71. The van der Waals surface area contributed by atoms with Gasteiger partial charge in [-0.15, -0.1) is 0 Å². The van der Waals surface area contributed by atoms with E-state index < -0.39 is 0 Å². The van der Waals surface area contributed by atoms with Gasteiger partial charge < -0.3 is 9.47 Å². The molecule has 0 spiro atoms. The molecule has 0 saturated carbocycles. The molecule has 3 heterocycles. The summed E-state index contributed by atoms with van der Waals surface area (Å²) in [7, 11) is 0. The second-order valence-electron chi connectivity index (χ2n) is 6.46. The lowest BCUT2D eigenvalue weighted by molar-refractivity contribution is 0.0519. The number of carbonyl (C=O) groups excluding carboxylic acids is 1. The molecule has 0 aliphatic carbocycles. The molecule has 1 aliphatic rings. The number of carbonyl (C=O) groups is 1. The number of likely N-dealkylation sites (tertiary alicyclic amines) is 1. The molecule has 4 rings (SSSR count). The van der Waals surface area contributed by atoms with Crippen LogP contribution in [0, 0.1) is 13.8 Å². The van der Waals surface area contributed by atoms with Crippen LogP contribution in [0.3, 0.4) is 0 Å². The third-order valence-electron chi connectivity index (χ3n) is 4.77. The van der Waals surface area contributed by atoms with Crippen LogP contribution >= 0.6 is 0 Å². The lowest BCUT2D eigenvalue weighted by Gasteiger charge is -2.41. The molecule has 3 aromatic rings. The number of aryl methyl sites for hydroxylation is 2. The van der Waals surface area contributed by atoms with Crippen LogP contribution in [-0.4, -0.2) is 38.4 Å². The number of aromatic nitrogens is 3. The average molecular weight is 332 g/mol. The summed E-state index contributed by atoms with van der Waals surface area (Å²) in [5.41, 5.74) is 3.68. The van der Waals surface area contributed by atoms with Gasteiger partial charge in [-0.05, 0) is 26.0 Å². The standard InChI is InChI=1S/C20H20N4O/c1-14-11-22-19(16-7-4-3-5-8-16)24(14)17-12-23(13-17)20(25)18-9-6-10-21-15(18)2/h3-11,17H,12-13H2,1-2H3. The van der Waals surface area contributed by atoms with Gasteiger partial charge in [0.05, 0.1) is 11.6 Å². The van der Waals surface area contributed by atoms with Gasteiger partial charge in [-0.2, -0.15) is 0 Å². The Morgan fingerprint density at radius 1 is 1.04 bits per heavy atom. The number of nitrogens with zero attached hydrogens (tertiary/aromatic N) is 4. The Balaban J connectivity index is 1.55. The van der Waals surface area contributed by atoms with Gasteiger partial charge in [-0.25, -0.2) is 4.98 Å². The van der Waals surface area contributed by atoms with Gasteiger partial charge in [0.15, 0.2) is 0 Å². The Bertz CT molecular complexity index is 910. The lowest BCUT2D eigenvalue weighted by Crippen LogP contribution is -2.51. The summed E-state index contributed by atoms with van der Waals surface area (Å²) < 4.78 is 2.25. The van der Waals surface area contributed by atoms with E-state index in [2.05, 4.69) is 33.6 Å². The van der Waals surface area contributed by atoms with E-state index in [4.69, 9.17) is 0 Å². The quantitative estimate of drug-likeness (QED) is 0.740. The minimum absolute atomic E-state index is 0.0564. The Kier molecular flexibility index (Phi) is 3.84. The molecule has 25 heavy (non-hydrogen) atoms. The summed E-state index contributed by atoms with van der Waals surface area (Å²) in [6.07, 6.45) is 3.62. The van der Waals surface area contributed by atoms with E-state index in [0.29, 0.717) is 18.7 Å². The van der Waals surface area contributed by atoms with Crippen molar-refractivity contribution in [2.45, 2.75) is 19.9 Å². The van der Waals surface area contributed by atoms with Gasteiger partial charge in [0.25, 0.3) is 5.91 Å². The fourth-order valence-corrected chi connectivity index (χ4v) is 3.37. The molecule has 5 heteroatoms. The van der Waals surface area contributed by atoms with Gasteiger partial charge in [-0.3, -0.25) is 9.78 Å². The predicted octanol–water partition coefficient (Wildman–Crippen LogP) is 3.26. The number of hydrogen-bond donors (Lipinski definition) is 0. The number of pyridine rings is 1. The molecule has 0 atom stereocenters. The van der Waals surface area contributed by atoms with E-state index in [1.54, 1.807) is 6.20 Å². The molecular formula is C20H20N4O. The maximum atomic E-state index is 12.7. The van der Waals surface area contributed by atoms with Crippen molar-refractivity contribution < 1.29 is 4.79 Å². The zero-order valence-electron chi connectivity index (χ0n) is 14.4. The molecule has 1 aliphatic heterocycles. The van der Waals surface area contributed by atoms with Crippen LogP contribution in [0.4, 0.5) is 0 Å². The van der Waals surface area contributed by atoms with Crippen molar-refractivity contribution in [2.75, 3.05) is 13.1 Å². The number of benzene rings is 1. The maximum absolute atomic E-state index is 12.7. The van der Waals surface area contributed by atoms with Gasteiger partial charge >= 0.3 is 0 Å². The number of amides is 1. The minimum Gasteiger partial charge on any atom is -0.334 e. The van der Waals surface area contributed by atoms with Crippen molar-refractivity contribution in [3.8, 4) is 11.4 Å². The number of rotatable bonds is 3. The summed E-state index contributed by atoms with van der Waals surface area (Å²) in [5, 5.41) is 0. The van der Waals surface area contributed by atoms with Crippen molar-refractivity contribution in [1.82, 2.24) is 19.4 Å². The van der Waals surface area contributed by atoms with Crippen molar-refractivity contribution in [3.63, 3.8) is 0 Å². The van der Waals surface area contributed by atoms with Crippen molar-refractivity contribution in [2.24, 2.45) is 0 Å². The summed E-state index contributed by atoms with van der Waals surface area (Å²) >= 11 is 0. The average Bonchev–Trinajstić information content (AvgIpc) is 2.96. The zero-order valence-corrected chi connectivity index (χ0v) is 14.4. The molecule has 0 radical (unpaired) electrons. The van der Waals surface area contributed by atoms with Crippen molar-refractivity contribution in [1.29, 1.82) is 0 Å². The molecule has 5 nitrogen and oxygen atoms in total. The first-order valence-corrected chi connectivity index (χ1v) is 8.45. The minimum atomic E-state index is 0.0564. The van der Waals surface area contributed by atoms with E-state index in [0.717, 1.165) is 22.8 Å². The summed E-state index contributed by atoms with van der Waals surface area (Å²) in [6.45, 7) is 5.33. The first-order chi connectivity index (χ1) is 12.1. The van der Waals surface area contributed by atoms with Crippen LogP contribution in [0.1, 0.15) is 27.8 Å². The zero-order chi connectivity index (χ0) is 17.4. The first kappa shape index (κ1) is 15.6. The summed E-state index contributed by atoms with van der Waals surface area (Å²) in [5.74, 6) is 1.02. The van der Waals surface area contributed by atoms with Crippen LogP contribution in [0.2, 0.25) is 0 Å². The Labute approximate surface area is 147 Å². The number of hydrogen-bond acceptors (Lipinski definition) is 3. The molecule has 1 aromatic carbocycles. The monoisotopic (exact) mass is 332 g/mol. The topological polar surface area (TPSA) is 51.0 Å². The van der Waals surface area contributed by atoms with E-state index in [9.17, 15) is 4.79 Å². The molecule has 1 fully saturated rings. The highest BCUT2D eigenvalue weighted by Gasteiger charge is 2.34. The highest BCUT2D eigenvalue weighted by Crippen LogP contribution is 2.30. The third-order valence-corrected chi connectivity index (χ3v) is 4.77. The van der Waals surface area contributed by atoms with Gasteiger partial charge in [0.2, 0.25) is 0 Å². The molecule has 126 valence electrons. The predicted molar refractivity (Wildman–Crippen MR) is 96.3 cm³/mol. The normalized spacial score (nSPS) is 14.4. The second kappa shape index (κ2) is 6.16. The molecular weight excluding hydrogens is 312 g/mol. The molecule has 2 aromatic heterocycles. The van der Waals surface area contributed by atoms with E-state index in [1.807, 2.05) is 48.4 Å². The SMILES string of the molecule is Cc1ncccc1C(=O)N1CC(n2c(C)cnc2-c2ccccc2)C1.